The van der Waals surface area contributed by atoms with Gasteiger partial charge in [0, 0.05) is 18.7 Å². The van der Waals surface area contributed by atoms with E-state index >= 15 is 0 Å². The molecule has 0 amide bonds. The molecule has 0 atom stereocenters. The summed E-state index contributed by atoms with van der Waals surface area (Å²) >= 11 is 6.23. The number of hydrogen-bond donors (Lipinski definition) is 3. The van der Waals surface area contributed by atoms with Crippen LogP contribution in [0.4, 0.5) is 5.69 Å². The molecule has 7 nitrogen and oxygen atoms in total. The highest BCUT2D eigenvalue weighted by Crippen LogP contribution is 2.23. The van der Waals surface area contributed by atoms with Gasteiger partial charge in [0.15, 0.2) is 22.4 Å². The zero-order valence-electron chi connectivity index (χ0n) is 14.7. The summed E-state index contributed by atoms with van der Waals surface area (Å²) in [5, 5.41) is 12.8. The number of phenolic OH excluding ortho intramolecular Hbond substituents is 1. The maximum atomic E-state index is 9.26. The number of hydrogen-bond acceptors (Lipinski definition) is 6. The molecule has 4 rings (SSSR count). The zero-order valence-corrected chi connectivity index (χ0v) is 15.5. The fourth-order valence-electron chi connectivity index (χ4n) is 2.58. The second-order valence-corrected chi connectivity index (χ2v) is 6.34. The van der Waals surface area contributed by atoms with Gasteiger partial charge in [0.25, 0.3) is 0 Å². The average Bonchev–Trinajstić information content (AvgIpc) is 3.35. The highest BCUT2D eigenvalue weighted by atomic mass is 35.5. The van der Waals surface area contributed by atoms with Gasteiger partial charge in [0.1, 0.15) is 11.3 Å². The number of halogens is 1. The van der Waals surface area contributed by atoms with Crippen LogP contribution in [0.5, 0.6) is 5.75 Å². The number of aromatic nitrogens is 4. The van der Waals surface area contributed by atoms with E-state index in [-0.39, 0.29) is 10.9 Å². The fraction of sp³-hybridized carbons (Fsp3) is 0.150. The smallest absolute Gasteiger partial charge is 0.208 e. The van der Waals surface area contributed by atoms with Gasteiger partial charge in [-0.2, -0.15) is 4.98 Å². The maximum Gasteiger partial charge on any atom is 0.208 e. The lowest BCUT2D eigenvalue weighted by Gasteiger charge is -2.04. The van der Waals surface area contributed by atoms with E-state index in [9.17, 15) is 5.11 Å². The molecule has 0 unspecified atom stereocenters. The molecule has 0 saturated carbocycles. The monoisotopic (exact) mass is 393 g/mol. The molecule has 0 bridgehead atoms. The molecular formula is C20H16ClN5O2. The number of fused-ring (bicyclic) bond motifs is 1. The van der Waals surface area contributed by atoms with Crippen molar-refractivity contribution in [2.45, 2.75) is 12.8 Å². The summed E-state index contributed by atoms with van der Waals surface area (Å²) in [6.45, 7) is 0.770. The van der Waals surface area contributed by atoms with E-state index in [0.29, 0.717) is 35.0 Å². The van der Waals surface area contributed by atoms with E-state index in [2.05, 4.69) is 37.1 Å². The van der Waals surface area contributed by atoms with E-state index in [1.807, 2.05) is 12.1 Å². The average molecular weight is 394 g/mol. The Bertz CT molecular complexity index is 1140. The van der Waals surface area contributed by atoms with Crippen molar-refractivity contribution in [3.63, 3.8) is 0 Å². The molecule has 8 heteroatoms. The number of unbranched alkanes of at least 4 members (excludes halogenated alkanes) is 1. The second-order valence-electron chi connectivity index (χ2n) is 5.98. The topological polar surface area (TPSA) is 99.9 Å². The van der Waals surface area contributed by atoms with Crippen LogP contribution in [0.3, 0.4) is 0 Å². The summed E-state index contributed by atoms with van der Waals surface area (Å²) in [5.41, 5.74) is 1.96. The Morgan fingerprint density at radius 2 is 2.00 bits per heavy atom. The molecule has 3 N–H and O–H groups in total. The molecule has 1 aromatic carbocycles. The number of nitrogens with one attached hydrogen (secondary N) is 2. The Morgan fingerprint density at radius 3 is 2.79 bits per heavy atom. The van der Waals surface area contributed by atoms with E-state index in [1.165, 1.54) is 0 Å². The fourth-order valence-corrected chi connectivity index (χ4v) is 2.79. The number of anilines is 1. The van der Waals surface area contributed by atoms with E-state index in [0.717, 1.165) is 18.7 Å². The third-order valence-corrected chi connectivity index (χ3v) is 4.21. The summed E-state index contributed by atoms with van der Waals surface area (Å²) in [7, 11) is 0. The highest BCUT2D eigenvalue weighted by molar-refractivity contribution is 6.33. The largest absolute Gasteiger partial charge is 0.508 e. The van der Waals surface area contributed by atoms with Crippen LogP contribution in [-0.2, 0) is 0 Å². The van der Waals surface area contributed by atoms with Crippen LogP contribution in [0.15, 0.2) is 47.1 Å². The van der Waals surface area contributed by atoms with Gasteiger partial charge in [-0.25, -0.2) is 9.97 Å². The van der Waals surface area contributed by atoms with Crippen LogP contribution in [-0.4, -0.2) is 31.6 Å². The minimum absolute atomic E-state index is 0.250. The van der Waals surface area contributed by atoms with Crippen molar-refractivity contribution in [3.05, 3.63) is 53.6 Å². The van der Waals surface area contributed by atoms with Gasteiger partial charge in [0.05, 0.1) is 6.26 Å². The molecule has 0 radical (unpaired) electrons. The van der Waals surface area contributed by atoms with Gasteiger partial charge < -0.3 is 19.8 Å². The quantitative estimate of drug-likeness (QED) is 0.203. The zero-order chi connectivity index (χ0) is 19.3. The molecule has 0 aliphatic heterocycles. The van der Waals surface area contributed by atoms with Gasteiger partial charge in [-0.05, 0) is 48.7 Å². The number of furan rings is 1. The molecule has 0 saturated heterocycles. The standard InChI is InChI=1S/C20H16ClN5O2/c21-18-17-20(26-19(25-17)15-5-4-12-28-15)24-16(23-18)6-2-1-3-11-22-13-7-9-14(27)10-8-13/h4-5,7-10,12,22,27H,1,3,11H2,(H,23,24,25,26). The Morgan fingerprint density at radius 1 is 1.14 bits per heavy atom. The van der Waals surface area contributed by atoms with Gasteiger partial charge in [-0.15, -0.1) is 0 Å². The van der Waals surface area contributed by atoms with Crippen LogP contribution < -0.4 is 5.32 Å². The predicted molar refractivity (Wildman–Crippen MR) is 107 cm³/mol. The molecule has 0 fully saturated rings. The minimum Gasteiger partial charge on any atom is -0.508 e. The summed E-state index contributed by atoms with van der Waals surface area (Å²) in [6, 6.07) is 10.5. The molecule has 0 spiro atoms. The molecule has 3 heterocycles. The van der Waals surface area contributed by atoms with Crippen molar-refractivity contribution in [1.82, 2.24) is 19.9 Å². The number of aromatic hydroxyl groups is 1. The van der Waals surface area contributed by atoms with E-state index < -0.39 is 0 Å². The Balaban J connectivity index is 1.37. The van der Waals surface area contributed by atoms with Crippen molar-refractivity contribution in [2.24, 2.45) is 0 Å². The molecule has 140 valence electrons. The number of aromatic amines is 1. The van der Waals surface area contributed by atoms with Crippen molar-refractivity contribution >= 4 is 28.5 Å². The maximum absolute atomic E-state index is 9.26. The molecule has 4 aromatic rings. The SMILES string of the molecule is Oc1ccc(NCCCC#Cc2nc(Cl)c3[nH]c(-c4ccco4)nc3n2)cc1. The van der Waals surface area contributed by atoms with Gasteiger partial charge in [-0.1, -0.05) is 17.5 Å². The number of rotatable bonds is 5. The second kappa shape index (κ2) is 8.03. The van der Waals surface area contributed by atoms with Crippen LogP contribution >= 0.6 is 11.6 Å². The normalized spacial score (nSPS) is 10.6. The minimum atomic E-state index is 0.250. The van der Waals surface area contributed by atoms with Crippen LogP contribution in [0.1, 0.15) is 18.7 Å². The van der Waals surface area contributed by atoms with Crippen molar-refractivity contribution in [1.29, 1.82) is 0 Å². The summed E-state index contributed by atoms with van der Waals surface area (Å²) in [6.07, 6.45) is 3.11. The molecular weight excluding hydrogens is 378 g/mol. The Labute approximate surface area is 165 Å². The first kappa shape index (κ1) is 17.9. The summed E-state index contributed by atoms with van der Waals surface area (Å²) < 4.78 is 5.33. The molecule has 0 aliphatic rings. The number of phenols is 1. The lowest BCUT2D eigenvalue weighted by atomic mass is 10.2. The Hall–Kier alpha value is -3.50. The van der Waals surface area contributed by atoms with E-state index in [1.54, 1.807) is 30.5 Å². The number of benzene rings is 1. The first-order chi connectivity index (χ1) is 13.7. The van der Waals surface area contributed by atoms with Gasteiger partial charge in [-0.3, -0.25) is 0 Å². The first-order valence-corrected chi connectivity index (χ1v) is 9.06. The van der Waals surface area contributed by atoms with Crippen LogP contribution in [0.2, 0.25) is 5.15 Å². The molecule has 3 aromatic heterocycles. The van der Waals surface area contributed by atoms with Gasteiger partial charge in [0.2, 0.25) is 5.82 Å². The summed E-state index contributed by atoms with van der Waals surface area (Å²) in [5.74, 6) is 7.71. The van der Waals surface area contributed by atoms with E-state index in [4.69, 9.17) is 16.0 Å². The van der Waals surface area contributed by atoms with Crippen molar-refractivity contribution in [3.8, 4) is 29.2 Å². The molecule has 0 aliphatic carbocycles. The lowest BCUT2D eigenvalue weighted by molar-refractivity contribution is 0.475. The Kier molecular flexibility index (Phi) is 5.13. The van der Waals surface area contributed by atoms with Crippen LogP contribution in [0, 0.1) is 11.8 Å². The predicted octanol–water partition coefficient (Wildman–Crippen LogP) is 4.22. The van der Waals surface area contributed by atoms with Crippen molar-refractivity contribution < 1.29 is 9.52 Å². The lowest BCUT2D eigenvalue weighted by Crippen LogP contribution is -2.00. The number of imidazole rings is 1. The molecule has 28 heavy (non-hydrogen) atoms. The third kappa shape index (κ3) is 4.08. The third-order valence-electron chi connectivity index (χ3n) is 3.94. The van der Waals surface area contributed by atoms with Gasteiger partial charge >= 0.3 is 0 Å². The van der Waals surface area contributed by atoms with Crippen LogP contribution in [0.25, 0.3) is 22.7 Å². The number of H-pyrrole nitrogens is 1. The summed E-state index contributed by atoms with van der Waals surface area (Å²) in [4.78, 5) is 16.0. The highest BCUT2D eigenvalue weighted by Gasteiger charge is 2.13. The van der Waals surface area contributed by atoms with Crippen molar-refractivity contribution in [2.75, 3.05) is 11.9 Å². The first-order valence-electron chi connectivity index (χ1n) is 8.68. The number of nitrogens with zero attached hydrogens (tertiary/aromatic N) is 3.